The van der Waals surface area contributed by atoms with E-state index >= 15 is 0 Å². The zero-order chi connectivity index (χ0) is 25.6. The minimum absolute atomic E-state index is 0.359. The predicted molar refractivity (Wildman–Crippen MR) is 143 cm³/mol. The molecular weight excluding hydrogens is 456 g/mol. The van der Waals surface area contributed by atoms with Crippen LogP contribution in [0.2, 0.25) is 0 Å². The van der Waals surface area contributed by atoms with Gasteiger partial charge in [0, 0.05) is 12.6 Å². The summed E-state index contributed by atoms with van der Waals surface area (Å²) in [6, 6.07) is 36.1. The third-order valence-electron chi connectivity index (χ3n) is 6.39. The zero-order valence-corrected chi connectivity index (χ0v) is 20.4. The number of hydrogen-bond donors (Lipinski definition) is 0. The highest BCUT2D eigenvalue weighted by Crippen LogP contribution is 2.37. The maximum Gasteiger partial charge on any atom is 0.124 e. The van der Waals surface area contributed by atoms with E-state index in [4.69, 9.17) is 10.00 Å². The molecule has 1 atom stereocenters. The number of nitrogens with zero attached hydrogens (tertiary/aromatic N) is 4. The van der Waals surface area contributed by atoms with Crippen molar-refractivity contribution in [3.8, 4) is 34.4 Å². The number of hydrogen-bond acceptors (Lipinski definition) is 4. The van der Waals surface area contributed by atoms with Crippen molar-refractivity contribution in [1.29, 1.82) is 10.5 Å². The Morgan fingerprint density at radius 1 is 0.811 bits per heavy atom. The molecule has 5 heteroatoms. The molecule has 0 bridgehead atoms. The molecule has 0 saturated heterocycles. The average molecular weight is 481 g/mol. The summed E-state index contributed by atoms with van der Waals surface area (Å²) >= 11 is 0. The van der Waals surface area contributed by atoms with Gasteiger partial charge in [0.2, 0.25) is 0 Å². The number of aromatic nitrogens is 2. The van der Waals surface area contributed by atoms with E-state index in [0.29, 0.717) is 17.7 Å². The van der Waals surface area contributed by atoms with Gasteiger partial charge in [0.1, 0.15) is 6.10 Å². The van der Waals surface area contributed by atoms with Crippen molar-refractivity contribution in [2.45, 2.75) is 12.7 Å². The van der Waals surface area contributed by atoms with Gasteiger partial charge < -0.3 is 9.30 Å². The molecule has 37 heavy (non-hydrogen) atoms. The van der Waals surface area contributed by atoms with E-state index in [1.807, 2.05) is 66.2 Å². The Morgan fingerprint density at radius 3 is 2.22 bits per heavy atom. The lowest BCUT2D eigenvalue weighted by Crippen LogP contribution is -2.11. The molecule has 0 spiro atoms. The van der Waals surface area contributed by atoms with E-state index in [0.717, 1.165) is 39.1 Å². The van der Waals surface area contributed by atoms with Gasteiger partial charge in [0.15, 0.2) is 0 Å². The molecular formula is C32H24N4O. The van der Waals surface area contributed by atoms with Crippen LogP contribution in [0.15, 0.2) is 110 Å². The van der Waals surface area contributed by atoms with Crippen molar-refractivity contribution in [1.82, 2.24) is 9.55 Å². The Bertz CT molecular complexity index is 1610. The van der Waals surface area contributed by atoms with Gasteiger partial charge >= 0.3 is 0 Å². The number of imidazole rings is 1. The van der Waals surface area contributed by atoms with Crippen LogP contribution in [0.1, 0.15) is 34.1 Å². The summed E-state index contributed by atoms with van der Waals surface area (Å²) < 4.78 is 8.41. The lowest BCUT2D eigenvalue weighted by atomic mass is 9.90. The van der Waals surface area contributed by atoms with E-state index in [2.05, 4.69) is 47.5 Å². The van der Waals surface area contributed by atoms with Crippen molar-refractivity contribution in [2.24, 2.45) is 7.05 Å². The topological polar surface area (TPSA) is 74.6 Å². The molecule has 1 unspecified atom stereocenters. The third-order valence-corrected chi connectivity index (χ3v) is 6.39. The Labute approximate surface area is 216 Å². The van der Waals surface area contributed by atoms with Gasteiger partial charge in [-0.3, -0.25) is 0 Å². The van der Waals surface area contributed by atoms with Crippen LogP contribution in [0, 0.1) is 22.7 Å². The monoisotopic (exact) mass is 480 g/mol. The minimum Gasteiger partial charge on any atom is -0.363 e. The maximum absolute atomic E-state index is 9.98. The maximum atomic E-state index is 9.98. The van der Waals surface area contributed by atoms with Crippen LogP contribution in [0.3, 0.4) is 0 Å². The average Bonchev–Trinajstić information content (AvgIpc) is 3.39. The van der Waals surface area contributed by atoms with Crippen LogP contribution < -0.4 is 0 Å². The molecule has 0 saturated carbocycles. The molecule has 0 radical (unpaired) electrons. The van der Waals surface area contributed by atoms with Crippen molar-refractivity contribution < 1.29 is 4.74 Å². The number of aryl methyl sites for hydroxylation is 1. The zero-order valence-electron chi connectivity index (χ0n) is 20.4. The molecule has 178 valence electrons. The lowest BCUT2D eigenvalue weighted by molar-refractivity contribution is 0.0622. The van der Waals surface area contributed by atoms with Crippen LogP contribution in [0.4, 0.5) is 0 Å². The Balaban J connectivity index is 1.58. The first-order chi connectivity index (χ1) is 18.2. The Kier molecular flexibility index (Phi) is 6.90. The van der Waals surface area contributed by atoms with Crippen molar-refractivity contribution in [3.05, 3.63) is 138 Å². The van der Waals surface area contributed by atoms with E-state index in [1.54, 1.807) is 24.7 Å². The minimum atomic E-state index is -0.404. The second-order valence-corrected chi connectivity index (χ2v) is 8.76. The Morgan fingerprint density at radius 2 is 1.54 bits per heavy atom. The second kappa shape index (κ2) is 10.7. The molecule has 0 fully saturated rings. The molecule has 0 aliphatic rings. The molecule has 1 aromatic heterocycles. The van der Waals surface area contributed by atoms with Gasteiger partial charge in [-0.2, -0.15) is 10.5 Å². The van der Waals surface area contributed by atoms with E-state index in [-0.39, 0.29) is 0 Å². The smallest absolute Gasteiger partial charge is 0.124 e. The molecule has 0 aliphatic heterocycles. The Hall–Kier alpha value is -4.97. The fourth-order valence-corrected chi connectivity index (χ4v) is 4.46. The molecule has 5 rings (SSSR count). The standard InChI is InChI=1S/C32H24N4O/c1-36-22-35-20-31(36)32(37-21-24-13-11-23(18-33)12-14-24)26-15-16-27(19-34)30(17-26)29-10-6-5-9-28(29)25-7-3-2-4-8-25/h2-17,20,22,32H,21H2,1H3. The highest BCUT2D eigenvalue weighted by atomic mass is 16.5. The molecule has 1 heterocycles. The van der Waals surface area contributed by atoms with E-state index in [1.165, 1.54) is 0 Å². The van der Waals surface area contributed by atoms with Gasteiger partial charge in [-0.05, 0) is 52.1 Å². The fraction of sp³-hybridized carbons (Fsp3) is 0.0938. The fourth-order valence-electron chi connectivity index (χ4n) is 4.46. The first-order valence-corrected chi connectivity index (χ1v) is 11.9. The molecule has 5 aromatic rings. The van der Waals surface area contributed by atoms with Gasteiger partial charge in [0.25, 0.3) is 0 Å². The normalized spacial score (nSPS) is 11.4. The summed E-state index contributed by atoms with van der Waals surface area (Å²) in [6.45, 7) is 0.359. The third kappa shape index (κ3) is 5.04. The van der Waals surface area contributed by atoms with Crippen LogP contribution in [0.5, 0.6) is 0 Å². The van der Waals surface area contributed by atoms with E-state index in [9.17, 15) is 5.26 Å². The van der Waals surface area contributed by atoms with Crippen molar-refractivity contribution >= 4 is 0 Å². The lowest BCUT2D eigenvalue weighted by Gasteiger charge is -2.21. The van der Waals surface area contributed by atoms with Gasteiger partial charge in [-0.15, -0.1) is 0 Å². The van der Waals surface area contributed by atoms with E-state index < -0.39 is 6.10 Å². The van der Waals surface area contributed by atoms with Gasteiger partial charge in [-0.1, -0.05) is 72.8 Å². The van der Waals surface area contributed by atoms with Gasteiger partial charge in [0.05, 0.1) is 48.1 Å². The summed E-state index contributed by atoms with van der Waals surface area (Å²) in [6.07, 6.45) is 3.15. The van der Waals surface area contributed by atoms with Crippen molar-refractivity contribution in [2.75, 3.05) is 0 Å². The van der Waals surface area contributed by atoms with Crippen LogP contribution in [-0.4, -0.2) is 9.55 Å². The number of nitriles is 2. The summed E-state index contributed by atoms with van der Waals surface area (Å²) in [4.78, 5) is 4.31. The van der Waals surface area contributed by atoms with Crippen LogP contribution in [-0.2, 0) is 18.4 Å². The largest absolute Gasteiger partial charge is 0.363 e. The molecule has 0 N–H and O–H groups in total. The second-order valence-electron chi connectivity index (χ2n) is 8.76. The SMILES string of the molecule is Cn1cncc1C(OCc1ccc(C#N)cc1)c1ccc(C#N)c(-c2ccccc2-c2ccccc2)c1. The molecule has 0 amide bonds. The van der Waals surface area contributed by atoms with Crippen LogP contribution >= 0.6 is 0 Å². The highest BCUT2D eigenvalue weighted by molar-refractivity contribution is 5.86. The quantitative estimate of drug-likeness (QED) is 0.257. The van der Waals surface area contributed by atoms with Gasteiger partial charge in [-0.25, -0.2) is 4.98 Å². The van der Waals surface area contributed by atoms with Crippen molar-refractivity contribution in [3.63, 3.8) is 0 Å². The first kappa shape index (κ1) is 23.8. The highest BCUT2D eigenvalue weighted by Gasteiger charge is 2.21. The summed E-state index contributed by atoms with van der Waals surface area (Å²) in [7, 11) is 1.94. The molecule has 0 aliphatic carbocycles. The first-order valence-electron chi connectivity index (χ1n) is 11.9. The number of rotatable bonds is 7. The van der Waals surface area contributed by atoms with Crippen LogP contribution in [0.25, 0.3) is 22.3 Å². The molecule has 4 aromatic carbocycles. The number of ether oxygens (including phenoxy) is 1. The number of benzene rings is 4. The summed E-state index contributed by atoms with van der Waals surface area (Å²) in [5.41, 5.74) is 8.00. The molecule has 5 nitrogen and oxygen atoms in total. The summed E-state index contributed by atoms with van der Waals surface area (Å²) in [5.74, 6) is 0. The predicted octanol–water partition coefficient (Wildman–Crippen LogP) is 6.80. The summed E-state index contributed by atoms with van der Waals surface area (Å²) in [5, 5.41) is 19.1.